The van der Waals surface area contributed by atoms with E-state index in [0.717, 1.165) is 31.6 Å². The number of nitrogens with one attached hydrogen (secondary N) is 2. The van der Waals surface area contributed by atoms with Crippen LogP contribution >= 0.6 is 0 Å². The first-order valence-electron chi connectivity index (χ1n) is 10.5. The summed E-state index contributed by atoms with van der Waals surface area (Å²) < 4.78 is 1.85. The van der Waals surface area contributed by atoms with E-state index in [1.807, 2.05) is 17.9 Å². The van der Waals surface area contributed by atoms with Gasteiger partial charge in [-0.2, -0.15) is 5.10 Å². The maximum Gasteiger partial charge on any atom is 0.191 e. The third-order valence-electron chi connectivity index (χ3n) is 5.41. The molecule has 1 saturated heterocycles. The molecular formula is C20H39N7. The first-order valence-corrected chi connectivity index (χ1v) is 10.5. The van der Waals surface area contributed by atoms with E-state index < -0.39 is 0 Å². The summed E-state index contributed by atoms with van der Waals surface area (Å²) >= 11 is 0. The van der Waals surface area contributed by atoms with Gasteiger partial charge < -0.3 is 15.5 Å². The van der Waals surface area contributed by atoms with E-state index in [0.29, 0.717) is 6.54 Å². The summed E-state index contributed by atoms with van der Waals surface area (Å²) in [6.45, 7) is 9.24. The number of aliphatic imine (C=N–C) groups is 1. The zero-order valence-corrected chi connectivity index (χ0v) is 17.9. The second-order valence-corrected chi connectivity index (χ2v) is 7.67. The van der Waals surface area contributed by atoms with E-state index >= 15 is 0 Å². The minimum absolute atomic E-state index is 0.223. The number of likely N-dealkylation sites (tertiary alicyclic amines) is 1. The Kier molecular flexibility index (Phi) is 9.07. The van der Waals surface area contributed by atoms with Crippen LogP contribution in [0, 0.1) is 0 Å². The van der Waals surface area contributed by atoms with Crippen LogP contribution in [0.25, 0.3) is 0 Å². The highest BCUT2D eigenvalue weighted by molar-refractivity contribution is 5.79. The highest BCUT2D eigenvalue weighted by atomic mass is 15.3. The zero-order chi connectivity index (χ0) is 19.6. The molecule has 1 aliphatic rings. The number of piperidine rings is 1. The molecule has 0 amide bonds. The lowest BCUT2D eigenvalue weighted by atomic mass is 10.0. The molecule has 27 heavy (non-hydrogen) atoms. The fraction of sp³-hybridized carbons (Fsp3) is 0.800. The molecule has 2 unspecified atom stereocenters. The van der Waals surface area contributed by atoms with E-state index in [4.69, 9.17) is 4.99 Å². The second-order valence-electron chi connectivity index (χ2n) is 7.67. The van der Waals surface area contributed by atoms with Crippen LogP contribution in [0.2, 0.25) is 0 Å². The highest BCUT2D eigenvalue weighted by Crippen LogP contribution is 2.19. The molecule has 0 radical (unpaired) electrons. The molecule has 7 heteroatoms. The molecule has 0 aliphatic carbocycles. The number of rotatable bonds is 9. The monoisotopic (exact) mass is 377 g/mol. The van der Waals surface area contributed by atoms with E-state index in [1.54, 1.807) is 0 Å². The molecular weight excluding hydrogens is 338 g/mol. The van der Waals surface area contributed by atoms with E-state index in [2.05, 4.69) is 59.7 Å². The number of aromatic nitrogens is 2. The van der Waals surface area contributed by atoms with Gasteiger partial charge >= 0.3 is 0 Å². The summed E-state index contributed by atoms with van der Waals surface area (Å²) in [5.41, 5.74) is 1.20. The Morgan fingerprint density at radius 2 is 2.15 bits per heavy atom. The molecule has 2 atom stereocenters. The Labute approximate surface area is 165 Å². The number of hydrogen-bond acceptors (Lipinski definition) is 4. The van der Waals surface area contributed by atoms with Crippen molar-refractivity contribution in [3.63, 3.8) is 0 Å². The maximum absolute atomic E-state index is 4.84. The summed E-state index contributed by atoms with van der Waals surface area (Å²) in [7, 11) is 6.14. The lowest BCUT2D eigenvalue weighted by Crippen LogP contribution is -2.46. The van der Waals surface area contributed by atoms with Gasteiger partial charge in [-0.25, -0.2) is 0 Å². The number of likely N-dealkylation sites (N-methyl/N-ethyl adjacent to an activating group) is 1. The van der Waals surface area contributed by atoms with Crippen molar-refractivity contribution in [2.75, 3.05) is 46.8 Å². The van der Waals surface area contributed by atoms with Gasteiger partial charge in [0.2, 0.25) is 0 Å². The summed E-state index contributed by atoms with van der Waals surface area (Å²) in [6, 6.07) is 0.976. The van der Waals surface area contributed by atoms with Gasteiger partial charge in [-0.3, -0.25) is 14.6 Å². The molecule has 1 aliphatic heterocycles. The van der Waals surface area contributed by atoms with Crippen LogP contribution in [-0.2, 0) is 7.05 Å². The average Bonchev–Trinajstić information content (AvgIpc) is 3.08. The SMILES string of the molecule is CCNC(=NCC(c1cnn(C)c1)N(C)C)NCCN1CCCCC1CC. The van der Waals surface area contributed by atoms with Crippen molar-refractivity contribution >= 4 is 5.96 Å². The molecule has 1 fully saturated rings. The van der Waals surface area contributed by atoms with Gasteiger partial charge in [-0.15, -0.1) is 0 Å². The van der Waals surface area contributed by atoms with E-state index in [9.17, 15) is 0 Å². The van der Waals surface area contributed by atoms with Crippen molar-refractivity contribution in [3.05, 3.63) is 18.0 Å². The normalized spacial score (nSPS) is 20.1. The third kappa shape index (κ3) is 6.81. The molecule has 154 valence electrons. The summed E-state index contributed by atoms with van der Waals surface area (Å²) in [5.74, 6) is 0.901. The van der Waals surface area contributed by atoms with Gasteiger partial charge in [0, 0.05) is 44.5 Å². The summed E-state index contributed by atoms with van der Waals surface area (Å²) in [6.07, 6.45) is 9.32. The van der Waals surface area contributed by atoms with Gasteiger partial charge in [-0.05, 0) is 46.8 Å². The zero-order valence-electron chi connectivity index (χ0n) is 17.9. The average molecular weight is 378 g/mol. The first kappa shape index (κ1) is 21.7. The Balaban J connectivity index is 1.90. The van der Waals surface area contributed by atoms with Crippen molar-refractivity contribution in [1.82, 2.24) is 30.2 Å². The number of aryl methyl sites for hydroxylation is 1. The van der Waals surface area contributed by atoms with Crippen molar-refractivity contribution in [2.45, 2.75) is 51.6 Å². The Hall–Kier alpha value is -1.60. The minimum Gasteiger partial charge on any atom is -0.357 e. The lowest BCUT2D eigenvalue weighted by molar-refractivity contribution is 0.147. The third-order valence-corrected chi connectivity index (χ3v) is 5.41. The van der Waals surface area contributed by atoms with Crippen molar-refractivity contribution in [3.8, 4) is 0 Å². The Bertz CT molecular complexity index is 566. The molecule has 0 bridgehead atoms. The smallest absolute Gasteiger partial charge is 0.191 e. The van der Waals surface area contributed by atoms with Gasteiger partial charge in [0.25, 0.3) is 0 Å². The summed E-state index contributed by atoms with van der Waals surface area (Å²) in [5, 5.41) is 11.2. The molecule has 7 nitrogen and oxygen atoms in total. The first-order chi connectivity index (χ1) is 13.0. The molecule has 1 aromatic heterocycles. The quantitative estimate of drug-likeness (QED) is 0.508. The second kappa shape index (κ2) is 11.3. The fourth-order valence-electron chi connectivity index (χ4n) is 3.83. The minimum atomic E-state index is 0.223. The molecule has 2 heterocycles. The van der Waals surface area contributed by atoms with Gasteiger partial charge in [0.15, 0.2) is 5.96 Å². The highest BCUT2D eigenvalue weighted by Gasteiger charge is 2.20. The van der Waals surface area contributed by atoms with Crippen LogP contribution in [0.4, 0.5) is 0 Å². The summed E-state index contributed by atoms with van der Waals surface area (Å²) in [4.78, 5) is 9.68. The van der Waals surface area contributed by atoms with Gasteiger partial charge in [0.1, 0.15) is 0 Å². The maximum atomic E-state index is 4.84. The molecule has 1 aromatic rings. The van der Waals surface area contributed by atoms with Crippen LogP contribution in [0.3, 0.4) is 0 Å². The number of nitrogens with zero attached hydrogens (tertiary/aromatic N) is 5. The van der Waals surface area contributed by atoms with Crippen molar-refractivity contribution in [2.24, 2.45) is 12.0 Å². The number of guanidine groups is 1. The van der Waals surface area contributed by atoms with Crippen LogP contribution < -0.4 is 10.6 Å². The standard InChI is InChI=1S/C20H39N7/c1-6-18-10-8-9-12-27(18)13-11-22-20(21-7-2)23-15-19(25(3)4)17-14-24-26(5)16-17/h14,16,18-19H,6-13,15H2,1-5H3,(H2,21,22,23). The predicted octanol–water partition coefficient (Wildman–Crippen LogP) is 1.84. The predicted molar refractivity (Wildman–Crippen MR) is 113 cm³/mol. The van der Waals surface area contributed by atoms with Crippen LogP contribution in [0.1, 0.15) is 51.1 Å². The van der Waals surface area contributed by atoms with E-state index in [1.165, 1.54) is 37.8 Å². The largest absolute Gasteiger partial charge is 0.357 e. The fourth-order valence-corrected chi connectivity index (χ4v) is 3.83. The molecule has 0 spiro atoms. The van der Waals surface area contributed by atoms with Crippen molar-refractivity contribution < 1.29 is 0 Å². The van der Waals surface area contributed by atoms with E-state index in [-0.39, 0.29) is 6.04 Å². The van der Waals surface area contributed by atoms with Gasteiger partial charge in [-0.1, -0.05) is 13.3 Å². The lowest BCUT2D eigenvalue weighted by Gasteiger charge is -2.35. The molecule has 0 saturated carbocycles. The molecule has 0 aromatic carbocycles. The molecule has 2 rings (SSSR count). The topological polar surface area (TPSA) is 60.7 Å². The van der Waals surface area contributed by atoms with Gasteiger partial charge in [0.05, 0.1) is 18.8 Å². The van der Waals surface area contributed by atoms with Crippen LogP contribution in [-0.4, -0.2) is 78.4 Å². The van der Waals surface area contributed by atoms with Crippen molar-refractivity contribution in [1.29, 1.82) is 0 Å². The Morgan fingerprint density at radius 1 is 1.33 bits per heavy atom. The van der Waals surface area contributed by atoms with Crippen LogP contribution in [0.15, 0.2) is 17.4 Å². The molecule has 2 N–H and O–H groups in total. The van der Waals surface area contributed by atoms with Crippen LogP contribution in [0.5, 0.6) is 0 Å². The Morgan fingerprint density at radius 3 is 2.78 bits per heavy atom. The number of hydrogen-bond donors (Lipinski definition) is 2.